The molecule has 30 heavy (non-hydrogen) atoms. The van der Waals surface area contributed by atoms with Crippen molar-refractivity contribution in [3.05, 3.63) is 90.0 Å². The second kappa shape index (κ2) is 10.3. The van der Waals surface area contributed by atoms with Crippen molar-refractivity contribution in [2.75, 3.05) is 12.9 Å². The monoisotopic (exact) mass is 442 g/mol. The Morgan fingerprint density at radius 2 is 1.63 bits per heavy atom. The SMILES string of the molecule is COc1ccc(SCC(=NNOS(=O)(=O)c2ccc(C)cc2)c2ccccc2)cc1. The molecule has 0 saturated carbocycles. The van der Waals surface area contributed by atoms with Crippen molar-refractivity contribution in [3.8, 4) is 5.75 Å². The number of aryl methyl sites for hydroxylation is 1. The van der Waals surface area contributed by atoms with E-state index in [2.05, 4.69) is 10.7 Å². The first kappa shape index (κ1) is 21.9. The molecule has 0 fully saturated rings. The van der Waals surface area contributed by atoms with Gasteiger partial charge in [0, 0.05) is 10.6 Å². The fourth-order valence-corrected chi connectivity index (χ4v) is 4.07. The summed E-state index contributed by atoms with van der Waals surface area (Å²) in [6.45, 7) is 1.88. The van der Waals surface area contributed by atoms with Crippen molar-refractivity contribution >= 4 is 27.6 Å². The van der Waals surface area contributed by atoms with Gasteiger partial charge in [-0.15, -0.1) is 16.0 Å². The number of hydrogen-bond acceptors (Lipinski definition) is 7. The van der Waals surface area contributed by atoms with E-state index in [0.717, 1.165) is 21.8 Å². The average Bonchev–Trinajstić information content (AvgIpc) is 2.77. The normalized spacial score (nSPS) is 11.9. The highest BCUT2D eigenvalue weighted by atomic mass is 32.2. The van der Waals surface area contributed by atoms with Gasteiger partial charge >= 0.3 is 10.1 Å². The quantitative estimate of drug-likeness (QED) is 0.301. The number of benzene rings is 3. The van der Waals surface area contributed by atoms with Crippen LogP contribution in [0.15, 0.2) is 93.8 Å². The molecule has 1 N–H and O–H groups in total. The maximum atomic E-state index is 12.3. The fourth-order valence-electron chi connectivity index (χ4n) is 2.51. The molecule has 0 heterocycles. The summed E-state index contributed by atoms with van der Waals surface area (Å²) in [5.74, 6) is 1.30. The van der Waals surface area contributed by atoms with Crippen LogP contribution in [0.25, 0.3) is 0 Å². The van der Waals surface area contributed by atoms with Crippen LogP contribution in [-0.4, -0.2) is 27.0 Å². The van der Waals surface area contributed by atoms with E-state index < -0.39 is 10.1 Å². The van der Waals surface area contributed by atoms with Crippen LogP contribution in [0.2, 0.25) is 0 Å². The molecule has 8 heteroatoms. The van der Waals surface area contributed by atoms with Gasteiger partial charge in [0.2, 0.25) is 0 Å². The summed E-state index contributed by atoms with van der Waals surface area (Å²) in [6, 6.07) is 23.6. The zero-order chi connectivity index (χ0) is 21.4. The van der Waals surface area contributed by atoms with Crippen LogP contribution < -0.4 is 10.3 Å². The number of nitrogens with one attached hydrogen (secondary N) is 1. The smallest absolute Gasteiger partial charge is 0.318 e. The molecule has 156 valence electrons. The number of nitrogens with zero attached hydrogens (tertiary/aromatic N) is 1. The molecule has 0 bridgehead atoms. The van der Waals surface area contributed by atoms with E-state index in [9.17, 15) is 8.42 Å². The van der Waals surface area contributed by atoms with E-state index in [4.69, 9.17) is 9.02 Å². The van der Waals surface area contributed by atoms with Gasteiger partial charge in [-0.25, -0.2) is 0 Å². The highest BCUT2D eigenvalue weighted by Crippen LogP contribution is 2.22. The van der Waals surface area contributed by atoms with Crippen molar-refractivity contribution in [2.45, 2.75) is 16.7 Å². The Balaban J connectivity index is 1.71. The average molecular weight is 443 g/mol. The second-order valence-electron chi connectivity index (χ2n) is 6.33. The molecular formula is C22H22N2O4S2. The van der Waals surface area contributed by atoms with Gasteiger partial charge in [0.1, 0.15) is 5.75 Å². The molecule has 6 nitrogen and oxygen atoms in total. The van der Waals surface area contributed by atoms with Crippen LogP contribution in [0.1, 0.15) is 11.1 Å². The molecule has 0 radical (unpaired) electrons. The van der Waals surface area contributed by atoms with Gasteiger partial charge in [-0.1, -0.05) is 48.0 Å². The molecule has 3 rings (SSSR count). The summed E-state index contributed by atoms with van der Waals surface area (Å²) in [5.41, 5.74) is 4.73. The van der Waals surface area contributed by atoms with Crippen molar-refractivity contribution in [1.82, 2.24) is 5.59 Å². The predicted octanol–water partition coefficient (Wildman–Crippen LogP) is 4.41. The highest BCUT2D eigenvalue weighted by Gasteiger charge is 2.15. The lowest BCUT2D eigenvalue weighted by Gasteiger charge is -2.09. The Morgan fingerprint density at radius 3 is 2.27 bits per heavy atom. The summed E-state index contributed by atoms with van der Waals surface area (Å²) in [5, 5.41) is 4.19. The Bertz CT molecular complexity index is 1080. The maximum Gasteiger partial charge on any atom is 0.318 e. The molecular weight excluding hydrogens is 420 g/mol. The lowest BCUT2D eigenvalue weighted by molar-refractivity contribution is 0.209. The Morgan fingerprint density at radius 1 is 0.967 bits per heavy atom. The topological polar surface area (TPSA) is 77.0 Å². The summed E-state index contributed by atoms with van der Waals surface area (Å²) in [4.78, 5) is 1.09. The molecule has 0 saturated heterocycles. The molecule has 0 aliphatic carbocycles. The summed E-state index contributed by atoms with van der Waals surface area (Å²) in [6.07, 6.45) is 0. The van der Waals surface area contributed by atoms with Crippen LogP contribution in [0.5, 0.6) is 5.75 Å². The van der Waals surface area contributed by atoms with Crippen LogP contribution in [0, 0.1) is 6.92 Å². The molecule has 0 amide bonds. The lowest BCUT2D eigenvalue weighted by atomic mass is 10.1. The molecule has 3 aromatic rings. The maximum absolute atomic E-state index is 12.3. The van der Waals surface area contributed by atoms with E-state index in [1.165, 1.54) is 12.1 Å². The molecule has 0 aliphatic rings. The first-order valence-corrected chi connectivity index (χ1v) is 11.5. The van der Waals surface area contributed by atoms with Crippen LogP contribution in [0.3, 0.4) is 0 Å². The minimum absolute atomic E-state index is 0.0599. The predicted molar refractivity (Wildman–Crippen MR) is 119 cm³/mol. The van der Waals surface area contributed by atoms with Crippen LogP contribution >= 0.6 is 11.8 Å². The zero-order valence-electron chi connectivity index (χ0n) is 16.6. The molecule has 0 atom stereocenters. The zero-order valence-corrected chi connectivity index (χ0v) is 18.2. The first-order valence-electron chi connectivity index (χ1n) is 9.12. The second-order valence-corrected chi connectivity index (χ2v) is 8.93. The van der Waals surface area contributed by atoms with Crippen molar-refractivity contribution in [1.29, 1.82) is 0 Å². The molecule has 0 spiro atoms. The van der Waals surface area contributed by atoms with Crippen molar-refractivity contribution in [2.24, 2.45) is 5.10 Å². The highest BCUT2D eigenvalue weighted by molar-refractivity contribution is 8.00. The number of rotatable bonds is 9. The van der Waals surface area contributed by atoms with E-state index in [1.807, 2.05) is 61.5 Å². The van der Waals surface area contributed by atoms with Gasteiger partial charge in [-0.05, 0) is 48.9 Å². The number of methoxy groups -OCH3 is 1. The molecule has 0 aliphatic heterocycles. The van der Waals surface area contributed by atoms with Crippen molar-refractivity contribution < 1.29 is 17.4 Å². The summed E-state index contributed by atoms with van der Waals surface area (Å²) < 4.78 is 34.7. The van der Waals surface area contributed by atoms with E-state index >= 15 is 0 Å². The summed E-state index contributed by atoms with van der Waals surface area (Å²) in [7, 11) is -2.34. The van der Waals surface area contributed by atoms with Gasteiger partial charge in [0.15, 0.2) is 0 Å². The van der Waals surface area contributed by atoms with E-state index in [1.54, 1.807) is 31.0 Å². The number of hydrogen-bond donors (Lipinski definition) is 1. The third-order valence-electron chi connectivity index (χ3n) is 4.18. The van der Waals surface area contributed by atoms with Gasteiger partial charge in [0.25, 0.3) is 0 Å². The van der Waals surface area contributed by atoms with Crippen molar-refractivity contribution in [3.63, 3.8) is 0 Å². The minimum Gasteiger partial charge on any atom is -0.497 e. The standard InChI is InChI=1S/C22H22N2O4S2/c1-17-8-14-21(15-9-17)30(25,26)28-24-23-22(18-6-4-3-5-7-18)16-29-20-12-10-19(27-2)11-13-20/h3-15,24H,16H2,1-2H3. The Labute approximate surface area is 181 Å². The minimum atomic E-state index is -3.97. The molecule has 3 aromatic carbocycles. The fraction of sp³-hybridized carbons (Fsp3) is 0.136. The van der Waals surface area contributed by atoms with E-state index in [-0.39, 0.29) is 4.90 Å². The third kappa shape index (κ3) is 6.09. The van der Waals surface area contributed by atoms with Crippen LogP contribution in [0.4, 0.5) is 0 Å². The van der Waals surface area contributed by atoms with Gasteiger partial charge < -0.3 is 4.74 Å². The first-order chi connectivity index (χ1) is 14.5. The van der Waals surface area contributed by atoms with E-state index in [0.29, 0.717) is 11.5 Å². The number of hydrazone groups is 1. The Kier molecular flexibility index (Phi) is 7.51. The lowest BCUT2D eigenvalue weighted by Crippen LogP contribution is -2.19. The third-order valence-corrected chi connectivity index (χ3v) is 6.35. The molecule has 0 unspecified atom stereocenters. The van der Waals surface area contributed by atoms with Gasteiger partial charge in [0.05, 0.1) is 17.7 Å². The van der Waals surface area contributed by atoms with Gasteiger partial charge in [-0.2, -0.15) is 19.1 Å². The Hall–Kier alpha value is -2.81. The largest absolute Gasteiger partial charge is 0.497 e. The number of ether oxygens (including phenoxy) is 1. The molecule has 0 aromatic heterocycles. The van der Waals surface area contributed by atoms with Gasteiger partial charge in [-0.3, -0.25) is 0 Å². The van der Waals surface area contributed by atoms with Crippen LogP contribution in [-0.2, 0) is 14.4 Å². The summed E-state index contributed by atoms with van der Waals surface area (Å²) >= 11 is 1.57. The number of thioether (sulfide) groups is 1.